The fourth-order valence-corrected chi connectivity index (χ4v) is 2.32. The maximum Gasteiger partial charge on any atom is 0.338 e. The second kappa shape index (κ2) is 8.02. The van der Waals surface area contributed by atoms with Crippen molar-refractivity contribution in [2.24, 2.45) is 0 Å². The highest BCUT2D eigenvalue weighted by Gasteiger charge is 2.11. The Bertz CT molecular complexity index is 868. The summed E-state index contributed by atoms with van der Waals surface area (Å²) in [6.45, 7) is -0.121. The Morgan fingerprint density at radius 1 is 0.962 bits per heavy atom. The smallest absolute Gasteiger partial charge is 0.338 e. The lowest BCUT2D eigenvalue weighted by Gasteiger charge is -2.07. The first-order valence-corrected chi connectivity index (χ1v) is 7.97. The number of benzene rings is 2. The van der Waals surface area contributed by atoms with Crippen LogP contribution in [0.2, 0.25) is 0 Å². The first kappa shape index (κ1) is 17.3. The van der Waals surface area contributed by atoms with Gasteiger partial charge in [0, 0.05) is 0 Å². The molecule has 2 aromatic carbocycles. The summed E-state index contributed by atoms with van der Waals surface area (Å²) in [5, 5.41) is 11.9. The Balaban J connectivity index is 1.51. The third-order valence-electron chi connectivity index (χ3n) is 3.70. The summed E-state index contributed by atoms with van der Waals surface area (Å²) in [7, 11) is 0. The van der Waals surface area contributed by atoms with Gasteiger partial charge in [-0.2, -0.15) is 0 Å². The van der Waals surface area contributed by atoms with Crippen molar-refractivity contribution in [1.82, 2.24) is 5.32 Å². The van der Waals surface area contributed by atoms with Gasteiger partial charge in [0.2, 0.25) is 0 Å². The number of esters is 1. The van der Waals surface area contributed by atoms with E-state index in [0.717, 1.165) is 11.1 Å². The molecule has 132 valence electrons. The average molecular weight is 351 g/mol. The molecule has 0 saturated heterocycles. The zero-order chi connectivity index (χ0) is 18.4. The Hall–Kier alpha value is -3.54. The zero-order valence-corrected chi connectivity index (χ0v) is 13.8. The normalized spacial score (nSPS) is 10.3. The molecule has 0 aliphatic rings. The van der Waals surface area contributed by atoms with Crippen LogP contribution < -0.4 is 5.32 Å². The van der Waals surface area contributed by atoms with E-state index in [4.69, 9.17) is 9.15 Å². The summed E-state index contributed by atoms with van der Waals surface area (Å²) < 4.78 is 10.1. The molecule has 0 aliphatic carbocycles. The standard InChI is InChI=1S/C20H17NO5/c22-17-9-7-15(8-10-17)14-3-5-16(6-4-14)20(24)26-13-19(23)21-12-18-2-1-11-25-18/h1-11,22H,12-13H2,(H,21,23). The quantitative estimate of drug-likeness (QED) is 0.666. The Morgan fingerprint density at radius 2 is 1.62 bits per heavy atom. The minimum absolute atomic E-state index is 0.194. The number of rotatable bonds is 6. The molecule has 0 atom stereocenters. The highest BCUT2D eigenvalue weighted by atomic mass is 16.5. The van der Waals surface area contributed by atoms with E-state index in [1.165, 1.54) is 6.26 Å². The number of ether oxygens (including phenoxy) is 1. The largest absolute Gasteiger partial charge is 0.508 e. The zero-order valence-electron chi connectivity index (χ0n) is 13.8. The number of phenolic OH excluding ortho intramolecular Hbond substituents is 1. The Labute approximate surface area is 150 Å². The van der Waals surface area contributed by atoms with Gasteiger partial charge in [0.25, 0.3) is 5.91 Å². The second-order valence-corrected chi connectivity index (χ2v) is 5.56. The highest BCUT2D eigenvalue weighted by molar-refractivity contribution is 5.91. The molecule has 2 N–H and O–H groups in total. The van der Waals surface area contributed by atoms with Gasteiger partial charge < -0.3 is 19.6 Å². The topological polar surface area (TPSA) is 88.8 Å². The van der Waals surface area contributed by atoms with Crippen LogP contribution in [0.3, 0.4) is 0 Å². The van der Waals surface area contributed by atoms with E-state index < -0.39 is 11.9 Å². The van der Waals surface area contributed by atoms with Crippen LogP contribution in [0.5, 0.6) is 5.75 Å². The number of nitrogens with one attached hydrogen (secondary N) is 1. The average Bonchev–Trinajstić information content (AvgIpc) is 3.19. The van der Waals surface area contributed by atoms with Crippen LogP contribution in [0.4, 0.5) is 0 Å². The fourth-order valence-electron chi connectivity index (χ4n) is 2.32. The summed E-state index contributed by atoms with van der Waals surface area (Å²) in [5.41, 5.74) is 2.17. The summed E-state index contributed by atoms with van der Waals surface area (Å²) in [6, 6.07) is 17.0. The van der Waals surface area contributed by atoms with E-state index in [2.05, 4.69) is 5.32 Å². The maximum atomic E-state index is 12.0. The van der Waals surface area contributed by atoms with Gasteiger partial charge in [-0.3, -0.25) is 4.79 Å². The van der Waals surface area contributed by atoms with E-state index in [9.17, 15) is 14.7 Å². The number of furan rings is 1. The lowest BCUT2D eigenvalue weighted by atomic mass is 10.0. The first-order valence-electron chi connectivity index (χ1n) is 7.97. The van der Waals surface area contributed by atoms with Crippen molar-refractivity contribution in [3.05, 3.63) is 78.3 Å². The third-order valence-corrected chi connectivity index (χ3v) is 3.70. The molecule has 0 saturated carbocycles. The highest BCUT2D eigenvalue weighted by Crippen LogP contribution is 2.22. The number of hydrogen-bond acceptors (Lipinski definition) is 5. The minimum atomic E-state index is -0.574. The van der Waals surface area contributed by atoms with Crippen molar-refractivity contribution in [2.75, 3.05) is 6.61 Å². The first-order chi connectivity index (χ1) is 12.6. The van der Waals surface area contributed by atoms with Gasteiger partial charge in [-0.1, -0.05) is 24.3 Å². The number of carbonyl (C=O) groups is 2. The summed E-state index contributed by atoms with van der Waals surface area (Å²) in [5.74, 6) is -0.167. The number of carbonyl (C=O) groups excluding carboxylic acids is 2. The van der Waals surface area contributed by atoms with Crippen LogP contribution in [0.15, 0.2) is 71.3 Å². The van der Waals surface area contributed by atoms with Crippen molar-refractivity contribution < 1.29 is 23.8 Å². The van der Waals surface area contributed by atoms with Crippen molar-refractivity contribution >= 4 is 11.9 Å². The van der Waals surface area contributed by atoms with Gasteiger partial charge >= 0.3 is 5.97 Å². The van der Waals surface area contributed by atoms with E-state index >= 15 is 0 Å². The molecule has 0 radical (unpaired) electrons. The summed E-state index contributed by atoms with van der Waals surface area (Å²) in [4.78, 5) is 23.7. The van der Waals surface area contributed by atoms with E-state index in [-0.39, 0.29) is 18.9 Å². The van der Waals surface area contributed by atoms with Crippen molar-refractivity contribution in [2.45, 2.75) is 6.54 Å². The Kier molecular flexibility index (Phi) is 5.34. The number of aromatic hydroxyl groups is 1. The third kappa shape index (κ3) is 4.51. The molecule has 6 heteroatoms. The van der Waals surface area contributed by atoms with E-state index in [1.807, 2.05) is 0 Å². The lowest BCUT2D eigenvalue weighted by molar-refractivity contribution is -0.124. The number of amides is 1. The molecule has 0 unspecified atom stereocenters. The molecule has 1 amide bonds. The number of phenols is 1. The molecule has 1 aromatic heterocycles. The lowest BCUT2D eigenvalue weighted by Crippen LogP contribution is -2.28. The van der Waals surface area contributed by atoms with Gasteiger partial charge in [-0.25, -0.2) is 4.79 Å². The fraction of sp³-hybridized carbons (Fsp3) is 0.100. The number of hydrogen-bond donors (Lipinski definition) is 2. The van der Waals surface area contributed by atoms with Gasteiger partial charge in [0.15, 0.2) is 6.61 Å². The molecule has 0 spiro atoms. The molecule has 0 fully saturated rings. The van der Waals surface area contributed by atoms with Gasteiger partial charge in [-0.15, -0.1) is 0 Å². The second-order valence-electron chi connectivity index (χ2n) is 5.56. The van der Waals surface area contributed by atoms with Crippen LogP contribution in [-0.2, 0) is 16.1 Å². The molecule has 0 bridgehead atoms. The predicted molar refractivity (Wildman–Crippen MR) is 94.4 cm³/mol. The maximum absolute atomic E-state index is 12.0. The summed E-state index contributed by atoms with van der Waals surface area (Å²) in [6.07, 6.45) is 1.52. The van der Waals surface area contributed by atoms with E-state index in [0.29, 0.717) is 11.3 Å². The van der Waals surface area contributed by atoms with Crippen LogP contribution in [0.25, 0.3) is 11.1 Å². The van der Waals surface area contributed by atoms with Crippen LogP contribution in [0.1, 0.15) is 16.1 Å². The van der Waals surface area contributed by atoms with Crippen molar-refractivity contribution in [1.29, 1.82) is 0 Å². The Morgan fingerprint density at radius 3 is 2.23 bits per heavy atom. The van der Waals surface area contributed by atoms with Gasteiger partial charge in [-0.05, 0) is 47.5 Å². The molecule has 3 aromatic rings. The SMILES string of the molecule is O=C(COC(=O)c1ccc(-c2ccc(O)cc2)cc1)NCc1ccco1. The van der Waals surface area contributed by atoms with Crippen LogP contribution in [0, 0.1) is 0 Å². The molecule has 6 nitrogen and oxygen atoms in total. The van der Waals surface area contributed by atoms with Gasteiger partial charge in [0.1, 0.15) is 11.5 Å². The molecule has 1 heterocycles. The summed E-state index contributed by atoms with van der Waals surface area (Å²) >= 11 is 0. The van der Waals surface area contributed by atoms with Gasteiger partial charge in [0.05, 0.1) is 18.4 Å². The van der Waals surface area contributed by atoms with Crippen LogP contribution in [-0.4, -0.2) is 23.6 Å². The van der Waals surface area contributed by atoms with E-state index in [1.54, 1.807) is 60.7 Å². The molecule has 0 aliphatic heterocycles. The van der Waals surface area contributed by atoms with Crippen LogP contribution >= 0.6 is 0 Å². The van der Waals surface area contributed by atoms with Crippen molar-refractivity contribution in [3.8, 4) is 16.9 Å². The van der Waals surface area contributed by atoms with Crippen molar-refractivity contribution in [3.63, 3.8) is 0 Å². The molecular formula is C20H17NO5. The minimum Gasteiger partial charge on any atom is -0.508 e. The molecule has 3 rings (SSSR count). The molecular weight excluding hydrogens is 334 g/mol. The predicted octanol–water partition coefficient (Wildman–Crippen LogP) is 3.13. The monoisotopic (exact) mass is 351 g/mol. The molecule has 26 heavy (non-hydrogen) atoms.